The number of aryl methyl sites for hydroxylation is 1. The number of hydrogen-bond donors (Lipinski definition) is 1. The van der Waals surface area contributed by atoms with Crippen LogP contribution in [0.25, 0.3) is 0 Å². The molecule has 0 bridgehead atoms. The number of nitrogens with zero attached hydrogens (tertiary/aromatic N) is 3. The molecule has 9 heteroatoms. The molecule has 3 aromatic rings. The largest absolute Gasteiger partial charge is 0.481 e. The molecule has 1 atom stereocenters. The zero-order valence-corrected chi connectivity index (χ0v) is 20.0. The lowest BCUT2D eigenvalue weighted by atomic mass is 10.1. The van der Waals surface area contributed by atoms with Gasteiger partial charge in [0.1, 0.15) is 6.04 Å². The highest BCUT2D eigenvalue weighted by atomic mass is 32.2. The molecule has 0 fully saturated rings. The fourth-order valence-corrected chi connectivity index (χ4v) is 5.43. The highest BCUT2D eigenvalue weighted by Gasteiger charge is 2.36. The van der Waals surface area contributed by atoms with Gasteiger partial charge in [-0.2, -0.15) is 5.26 Å². The number of sulfonamides is 1. The zero-order chi connectivity index (χ0) is 24.7. The molecule has 0 saturated carbocycles. The van der Waals surface area contributed by atoms with Crippen molar-refractivity contribution in [3.05, 3.63) is 83.6 Å². The van der Waals surface area contributed by atoms with Crippen LogP contribution in [0.3, 0.4) is 0 Å². The van der Waals surface area contributed by atoms with Gasteiger partial charge in [0.05, 0.1) is 35.5 Å². The summed E-state index contributed by atoms with van der Waals surface area (Å²) in [5.74, 6) is -0.116. The Morgan fingerprint density at radius 1 is 1.15 bits per heavy atom. The van der Waals surface area contributed by atoms with Gasteiger partial charge in [-0.25, -0.2) is 13.4 Å². The number of pyridine rings is 1. The van der Waals surface area contributed by atoms with Crippen molar-refractivity contribution >= 4 is 21.6 Å². The van der Waals surface area contributed by atoms with Gasteiger partial charge in [-0.05, 0) is 48.7 Å². The molecule has 0 saturated heterocycles. The predicted octanol–water partition coefficient (Wildman–Crippen LogP) is 3.56. The van der Waals surface area contributed by atoms with Gasteiger partial charge in [-0.3, -0.25) is 9.10 Å². The van der Waals surface area contributed by atoms with Gasteiger partial charge in [-0.15, -0.1) is 0 Å². The Bertz CT molecular complexity index is 1280. The Hall–Kier alpha value is -3.90. The first-order valence-electron chi connectivity index (χ1n) is 10.7. The van der Waals surface area contributed by atoms with E-state index in [4.69, 9.17) is 10.00 Å². The first kappa shape index (κ1) is 24.7. The molecular weight excluding hydrogens is 452 g/mol. The summed E-state index contributed by atoms with van der Waals surface area (Å²) in [6.45, 7) is 3.66. The number of carbonyl (C=O) groups is 1. The fourth-order valence-electron chi connectivity index (χ4n) is 3.52. The van der Waals surface area contributed by atoms with E-state index in [0.717, 1.165) is 9.87 Å². The molecule has 34 heavy (non-hydrogen) atoms. The van der Waals surface area contributed by atoms with E-state index in [1.807, 2.05) is 6.07 Å². The normalized spacial score (nSPS) is 11.8. The maximum absolute atomic E-state index is 13.8. The fraction of sp³-hybridized carbons (Fsp3) is 0.240. The van der Waals surface area contributed by atoms with Crippen molar-refractivity contribution in [3.63, 3.8) is 0 Å². The van der Waals surface area contributed by atoms with E-state index in [0.29, 0.717) is 17.0 Å². The lowest BCUT2D eigenvalue weighted by Crippen LogP contribution is -2.49. The minimum absolute atomic E-state index is 0.115. The molecule has 1 N–H and O–H groups in total. The zero-order valence-electron chi connectivity index (χ0n) is 19.2. The van der Waals surface area contributed by atoms with E-state index >= 15 is 0 Å². The third-order valence-electron chi connectivity index (χ3n) is 5.34. The van der Waals surface area contributed by atoms with E-state index in [1.165, 1.54) is 19.4 Å². The second kappa shape index (κ2) is 10.8. The molecular formula is C25H26N4O4S. The minimum Gasteiger partial charge on any atom is -0.481 e. The lowest BCUT2D eigenvalue weighted by Gasteiger charge is -2.31. The molecule has 0 spiro atoms. The number of nitrogens with one attached hydrogen (secondary N) is 1. The molecule has 1 aromatic heterocycles. The van der Waals surface area contributed by atoms with Crippen LogP contribution in [0.1, 0.15) is 30.0 Å². The first-order valence-corrected chi connectivity index (χ1v) is 12.1. The summed E-state index contributed by atoms with van der Waals surface area (Å²) < 4.78 is 33.8. The number of carbonyl (C=O) groups excluding carboxylic acids is 1. The van der Waals surface area contributed by atoms with E-state index in [1.54, 1.807) is 68.4 Å². The summed E-state index contributed by atoms with van der Waals surface area (Å²) in [4.78, 5) is 17.5. The van der Waals surface area contributed by atoms with Gasteiger partial charge < -0.3 is 10.1 Å². The van der Waals surface area contributed by atoms with Crippen LogP contribution in [0.15, 0.2) is 71.8 Å². The molecule has 0 aliphatic heterocycles. The quantitative estimate of drug-likeness (QED) is 0.503. The Labute approximate surface area is 199 Å². The summed E-state index contributed by atoms with van der Waals surface area (Å²) in [5.41, 5.74) is 2.14. The topological polar surface area (TPSA) is 112 Å². The van der Waals surface area contributed by atoms with Crippen LogP contribution < -0.4 is 14.4 Å². The maximum atomic E-state index is 13.8. The average Bonchev–Trinajstić information content (AvgIpc) is 2.86. The van der Waals surface area contributed by atoms with Crippen molar-refractivity contribution in [1.82, 2.24) is 10.3 Å². The molecule has 1 amide bonds. The Morgan fingerprint density at radius 2 is 1.85 bits per heavy atom. The number of benzene rings is 2. The SMILES string of the molecule is CCC(C(=O)NCc1ccc(C#N)cc1)N(c1ccc(OC)nc1)S(=O)(=O)c1ccccc1C. The molecule has 8 nitrogen and oxygen atoms in total. The smallest absolute Gasteiger partial charge is 0.265 e. The molecule has 1 heterocycles. The highest BCUT2D eigenvalue weighted by molar-refractivity contribution is 7.93. The summed E-state index contributed by atoms with van der Waals surface area (Å²) >= 11 is 0. The summed E-state index contributed by atoms with van der Waals surface area (Å²) in [7, 11) is -2.63. The second-order valence-electron chi connectivity index (χ2n) is 7.58. The standard InChI is InChI=1S/C25H26N4O4S/c1-4-22(25(30)28-16-20-11-9-19(15-26)10-12-20)29(21-13-14-24(33-3)27-17-21)34(31,32)23-8-6-5-7-18(23)2/h5-14,17,22H,4,16H2,1-3H3,(H,28,30). The molecule has 1 unspecified atom stereocenters. The number of ether oxygens (including phenoxy) is 1. The number of anilines is 1. The summed E-state index contributed by atoms with van der Waals surface area (Å²) in [6, 6.07) is 17.6. The van der Waals surface area contributed by atoms with Crippen LogP contribution in [0.2, 0.25) is 0 Å². The average molecular weight is 479 g/mol. The maximum Gasteiger partial charge on any atom is 0.265 e. The van der Waals surface area contributed by atoms with Crippen molar-refractivity contribution in [2.75, 3.05) is 11.4 Å². The number of amides is 1. The second-order valence-corrected chi connectivity index (χ2v) is 9.36. The van der Waals surface area contributed by atoms with Crippen LogP contribution in [0.5, 0.6) is 5.88 Å². The number of nitriles is 1. The molecule has 2 aromatic carbocycles. The number of rotatable bonds is 9. The van der Waals surface area contributed by atoms with Crippen molar-refractivity contribution in [2.45, 2.75) is 37.8 Å². The minimum atomic E-state index is -4.10. The first-order chi connectivity index (χ1) is 16.3. The number of aromatic nitrogens is 1. The van der Waals surface area contributed by atoms with Gasteiger partial charge in [0.2, 0.25) is 11.8 Å². The monoisotopic (exact) mass is 478 g/mol. The Morgan fingerprint density at radius 3 is 2.41 bits per heavy atom. The molecule has 0 radical (unpaired) electrons. The lowest BCUT2D eigenvalue weighted by molar-refractivity contribution is -0.122. The molecule has 0 aliphatic carbocycles. The van der Waals surface area contributed by atoms with E-state index in [-0.39, 0.29) is 23.5 Å². The van der Waals surface area contributed by atoms with Crippen molar-refractivity contribution in [2.24, 2.45) is 0 Å². The molecule has 0 aliphatic rings. The van der Waals surface area contributed by atoms with Crippen molar-refractivity contribution in [3.8, 4) is 11.9 Å². The molecule has 3 rings (SSSR count). The Balaban J connectivity index is 1.97. The van der Waals surface area contributed by atoms with Crippen LogP contribution in [-0.2, 0) is 21.4 Å². The van der Waals surface area contributed by atoms with E-state index in [9.17, 15) is 13.2 Å². The van der Waals surface area contributed by atoms with Crippen LogP contribution in [0, 0.1) is 18.3 Å². The summed E-state index contributed by atoms with van der Waals surface area (Å²) in [5, 5.41) is 11.8. The van der Waals surface area contributed by atoms with Gasteiger partial charge >= 0.3 is 0 Å². The third-order valence-corrected chi connectivity index (χ3v) is 7.33. The third kappa shape index (κ3) is 5.35. The summed E-state index contributed by atoms with van der Waals surface area (Å²) in [6.07, 6.45) is 1.61. The van der Waals surface area contributed by atoms with E-state index < -0.39 is 22.0 Å². The van der Waals surface area contributed by atoms with Crippen molar-refractivity contribution in [1.29, 1.82) is 5.26 Å². The van der Waals surface area contributed by atoms with Crippen molar-refractivity contribution < 1.29 is 17.9 Å². The van der Waals surface area contributed by atoms with Gasteiger partial charge in [-0.1, -0.05) is 37.3 Å². The predicted molar refractivity (Wildman–Crippen MR) is 129 cm³/mol. The van der Waals surface area contributed by atoms with Gasteiger partial charge in [0, 0.05) is 12.6 Å². The van der Waals surface area contributed by atoms with Crippen LogP contribution >= 0.6 is 0 Å². The number of methoxy groups -OCH3 is 1. The van der Waals surface area contributed by atoms with Gasteiger partial charge in [0.15, 0.2) is 0 Å². The van der Waals surface area contributed by atoms with Crippen LogP contribution in [-0.4, -0.2) is 32.5 Å². The van der Waals surface area contributed by atoms with Gasteiger partial charge in [0.25, 0.3) is 10.0 Å². The molecule has 176 valence electrons. The Kier molecular flexibility index (Phi) is 7.87. The highest BCUT2D eigenvalue weighted by Crippen LogP contribution is 2.29. The van der Waals surface area contributed by atoms with Crippen LogP contribution in [0.4, 0.5) is 5.69 Å². The number of hydrogen-bond acceptors (Lipinski definition) is 6. The van der Waals surface area contributed by atoms with E-state index in [2.05, 4.69) is 10.3 Å².